The van der Waals surface area contributed by atoms with Crippen LogP contribution in [0.5, 0.6) is 0 Å². The topological polar surface area (TPSA) is 141 Å². The van der Waals surface area contributed by atoms with Gasteiger partial charge in [0.15, 0.2) is 0 Å². The fourth-order valence-corrected chi connectivity index (χ4v) is 10.8. The standard InChI is InChI=1S/C46H50ClFN8O5/c1-29-25-46(28-55(29)34-4-2-32(26-49)37(47)24-34)12-16-53(17-13-46)39-7-3-31(22-38(39)48)43(59)54-20-18-51(19-21-54)27-30-10-14-52(15-11-30)33-5-6-35-36(23-33)45(61)56(44(35)60)40-8-9-41(57)50-42(40)58/h2-7,22-24,29-30,40H,8-21,25,27-28H2,1H3,(H,50,57,58)/t29-,40?/m0/s1. The van der Waals surface area contributed by atoms with Crippen LogP contribution in [0.25, 0.3) is 0 Å². The molecule has 6 aliphatic heterocycles. The molecule has 2 atom stereocenters. The first-order valence-electron chi connectivity index (χ1n) is 21.5. The number of amides is 5. The van der Waals surface area contributed by atoms with Gasteiger partial charge in [-0.05, 0) is 111 Å². The number of hydrogen-bond donors (Lipinski definition) is 1. The summed E-state index contributed by atoms with van der Waals surface area (Å²) in [6.07, 6.45) is 5.05. The number of halogens is 2. The maximum Gasteiger partial charge on any atom is 0.262 e. The molecule has 6 aliphatic rings. The molecule has 3 aromatic rings. The number of hydrogen-bond acceptors (Lipinski definition) is 10. The van der Waals surface area contributed by atoms with Gasteiger partial charge in [0, 0.05) is 94.8 Å². The Bertz CT molecular complexity index is 2330. The Morgan fingerprint density at radius 3 is 2.26 bits per heavy atom. The van der Waals surface area contributed by atoms with E-state index in [0.717, 1.165) is 101 Å². The van der Waals surface area contributed by atoms with Crippen LogP contribution in [0, 0.1) is 28.5 Å². The highest BCUT2D eigenvalue weighted by Crippen LogP contribution is 2.46. The van der Waals surface area contributed by atoms with E-state index in [0.29, 0.717) is 46.9 Å². The van der Waals surface area contributed by atoms with Gasteiger partial charge in [-0.25, -0.2) is 4.39 Å². The zero-order valence-electron chi connectivity index (χ0n) is 34.4. The fourth-order valence-electron chi connectivity index (χ4n) is 10.6. The van der Waals surface area contributed by atoms with Gasteiger partial charge in [0.25, 0.3) is 17.7 Å². The van der Waals surface area contributed by atoms with Crippen LogP contribution in [0.3, 0.4) is 0 Å². The van der Waals surface area contributed by atoms with E-state index < -0.39 is 29.7 Å². The maximum atomic E-state index is 15.7. The Balaban J connectivity index is 0.729. The third kappa shape index (κ3) is 7.82. The monoisotopic (exact) mass is 848 g/mol. The number of anilines is 3. The number of carbonyl (C=O) groups excluding carboxylic acids is 5. The van der Waals surface area contributed by atoms with Crippen molar-refractivity contribution in [2.75, 3.05) is 80.1 Å². The molecule has 5 amide bonds. The molecule has 61 heavy (non-hydrogen) atoms. The summed E-state index contributed by atoms with van der Waals surface area (Å²) in [6, 6.07) is 17.3. The van der Waals surface area contributed by atoms with E-state index in [-0.39, 0.29) is 41.1 Å². The fraction of sp³-hybridized carbons (Fsp3) is 0.478. The molecule has 5 saturated heterocycles. The molecule has 15 heteroatoms. The van der Waals surface area contributed by atoms with Gasteiger partial charge < -0.3 is 19.6 Å². The second-order valence-corrected chi connectivity index (χ2v) is 18.2. The van der Waals surface area contributed by atoms with Gasteiger partial charge >= 0.3 is 0 Å². The van der Waals surface area contributed by atoms with Crippen LogP contribution in [-0.4, -0.2) is 122 Å². The summed E-state index contributed by atoms with van der Waals surface area (Å²) in [5.74, 6) is -2.06. The minimum Gasteiger partial charge on any atom is -0.371 e. The molecule has 5 fully saturated rings. The van der Waals surface area contributed by atoms with Crippen molar-refractivity contribution in [2.45, 2.75) is 64.0 Å². The number of piperazine rings is 1. The molecule has 1 unspecified atom stereocenters. The average molecular weight is 849 g/mol. The lowest BCUT2D eigenvalue weighted by Gasteiger charge is -2.40. The van der Waals surface area contributed by atoms with Crippen LogP contribution < -0.4 is 20.0 Å². The summed E-state index contributed by atoms with van der Waals surface area (Å²) in [7, 11) is 0. The second kappa shape index (κ2) is 16.4. The quantitative estimate of drug-likeness (QED) is 0.311. The smallest absolute Gasteiger partial charge is 0.262 e. The number of piperidine rings is 3. The van der Waals surface area contributed by atoms with Crippen molar-refractivity contribution < 1.29 is 28.4 Å². The Labute approximate surface area is 360 Å². The molecule has 0 aliphatic carbocycles. The highest BCUT2D eigenvalue weighted by Gasteiger charge is 2.46. The Kier molecular flexibility index (Phi) is 11.0. The van der Waals surface area contributed by atoms with Gasteiger partial charge in [-0.15, -0.1) is 0 Å². The number of nitrogens with one attached hydrogen (secondary N) is 1. The summed E-state index contributed by atoms with van der Waals surface area (Å²) in [6.45, 7) is 9.79. The number of fused-ring (bicyclic) bond motifs is 1. The lowest BCUT2D eigenvalue weighted by Crippen LogP contribution is -2.54. The highest BCUT2D eigenvalue weighted by atomic mass is 35.5. The molecular formula is C46H50ClFN8O5. The summed E-state index contributed by atoms with van der Waals surface area (Å²) in [5, 5.41) is 12.0. The van der Waals surface area contributed by atoms with E-state index in [9.17, 15) is 29.2 Å². The summed E-state index contributed by atoms with van der Waals surface area (Å²) in [4.78, 5) is 76.1. The number of imide groups is 2. The molecule has 0 bridgehead atoms. The minimum absolute atomic E-state index is 0.0796. The molecule has 0 saturated carbocycles. The lowest BCUT2D eigenvalue weighted by atomic mass is 9.76. The number of nitrogens with zero attached hydrogens (tertiary/aromatic N) is 7. The Morgan fingerprint density at radius 2 is 1.57 bits per heavy atom. The number of rotatable bonds is 7. The maximum absolute atomic E-state index is 15.7. The number of benzene rings is 3. The minimum atomic E-state index is -0.989. The first kappa shape index (κ1) is 40.9. The molecule has 6 heterocycles. The Morgan fingerprint density at radius 1 is 0.852 bits per heavy atom. The number of nitriles is 1. The van der Waals surface area contributed by atoms with E-state index in [1.54, 1.807) is 30.3 Å². The van der Waals surface area contributed by atoms with Crippen molar-refractivity contribution in [2.24, 2.45) is 11.3 Å². The molecule has 13 nitrogen and oxygen atoms in total. The van der Waals surface area contributed by atoms with E-state index in [2.05, 4.69) is 37.9 Å². The average Bonchev–Trinajstić information content (AvgIpc) is 3.71. The van der Waals surface area contributed by atoms with Crippen molar-refractivity contribution in [1.82, 2.24) is 20.0 Å². The lowest BCUT2D eigenvalue weighted by molar-refractivity contribution is -0.136. The molecule has 318 valence electrons. The van der Waals surface area contributed by atoms with Crippen molar-refractivity contribution in [1.29, 1.82) is 5.26 Å². The summed E-state index contributed by atoms with van der Waals surface area (Å²) < 4.78 is 15.7. The second-order valence-electron chi connectivity index (χ2n) is 17.8. The molecule has 0 aromatic heterocycles. The van der Waals surface area contributed by atoms with Crippen molar-refractivity contribution in [3.05, 3.63) is 87.7 Å². The largest absolute Gasteiger partial charge is 0.371 e. The summed E-state index contributed by atoms with van der Waals surface area (Å²) in [5.41, 5.74) is 3.97. The molecule has 1 spiro atoms. The van der Waals surface area contributed by atoms with Crippen LogP contribution in [-0.2, 0) is 9.59 Å². The van der Waals surface area contributed by atoms with Crippen LogP contribution in [0.4, 0.5) is 21.5 Å². The van der Waals surface area contributed by atoms with E-state index in [1.807, 2.05) is 23.1 Å². The van der Waals surface area contributed by atoms with Crippen molar-refractivity contribution >= 4 is 58.2 Å². The normalized spacial score (nSPS) is 23.5. The predicted molar refractivity (Wildman–Crippen MR) is 228 cm³/mol. The van der Waals surface area contributed by atoms with Crippen LogP contribution in [0.2, 0.25) is 5.02 Å². The van der Waals surface area contributed by atoms with Crippen LogP contribution in [0.15, 0.2) is 54.6 Å². The van der Waals surface area contributed by atoms with Crippen LogP contribution in [0.1, 0.15) is 88.5 Å². The zero-order chi connectivity index (χ0) is 42.6. The van der Waals surface area contributed by atoms with E-state index >= 15 is 4.39 Å². The molecule has 1 N–H and O–H groups in total. The van der Waals surface area contributed by atoms with E-state index in [1.165, 1.54) is 6.07 Å². The van der Waals surface area contributed by atoms with Gasteiger partial charge in [0.1, 0.15) is 17.9 Å². The molecule has 0 radical (unpaired) electrons. The van der Waals surface area contributed by atoms with Gasteiger partial charge in [0.2, 0.25) is 11.8 Å². The van der Waals surface area contributed by atoms with Gasteiger partial charge in [-0.3, -0.25) is 39.1 Å². The van der Waals surface area contributed by atoms with Crippen molar-refractivity contribution in [3.63, 3.8) is 0 Å². The first-order valence-corrected chi connectivity index (χ1v) is 21.9. The van der Waals surface area contributed by atoms with Crippen LogP contribution >= 0.6 is 11.6 Å². The third-order valence-corrected chi connectivity index (χ3v) is 14.4. The Hall–Kier alpha value is -5.52. The van der Waals surface area contributed by atoms with E-state index in [4.69, 9.17) is 11.6 Å². The third-order valence-electron chi connectivity index (χ3n) is 14.1. The molecular weight excluding hydrogens is 799 g/mol. The molecule has 3 aromatic carbocycles. The predicted octanol–water partition coefficient (Wildman–Crippen LogP) is 5.31. The van der Waals surface area contributed by atoms with Gasteiger partial charge in [0.05, 0.1) is 27.4 Å². The number of carbonyl (C=O) groups is 5. The summed E-state index contributed by atoms with van der Waals surface area (Å²) >= 11 is 6.36. The SMILES string of the molecule is C[C@H]1CC2(CCN(c3ccc(C(=O)N4CCN(CC5CCN(c6ccc7c(c6)C(=O)N(C6CCC(=O)NC6=O)C7=O)CC5)CC4)cc3F)CC2)CN1c1ccc(C#N)c(Cl)c1. The van der Waals surface area contributed by atoms with Gasteiger partial charge in [-0.2, -0.15) is 5.26 Å². The highest BCUT2D eigenvalue weighted by molar-refractivity contribution is 6.32. The zero-order valence-corrected chi connectivity index (χ0v) is 35.1. The molecule has 9 rings (SSSR count). The van der Waals surface area contributed by atoms with Gasteiger partial charge in [-0.1, -0.05) is 11.6 Å². The van der Waals surface area contributed by atoms with Crippen molar-refractivity contribution in [3.8, 4) is 6.07 Å². The first-order chi connectivity index (χ1) is 29.4.